The van der Waals surface area contributed by atoms with Crippen LogP contribution >= 0.6 is 35.0 Å². The van der Waals surface area contributed by atoms with Crippen LogP contribution in [-0.4, -0.2) is 6.79 Å². The maximum absolute atomic E-state index is 6.17. The summed E-state index contributed by atoms with van der Waals surface area (Å²) >= 11 is 14.0. The zero-order valence-electron chi connectivity index (χ0n) is 10.6. The fraction of sp³-hybridized carbons (Fsp3) is 0.200. The van der Waals surface area contributed by atoms with Crippen LogP contribution in [0.3, 0.4) is 0 Å². The molecule has 0 amide bonds. The fourth-order valence-corrected chi connectivity index (χ4v) is 3.55. The van der Waals surface area contributed by atoms with Gasteiger partial charge in [0.2, 0.25) is 0 Å². The van der Waals surface area contributed by atoms with E-state index < -0.39 is 0 Å². The second kappa shape index (κ2) is 6.27. The molecule has 5 heteroatoms. The third-order valence-corrected chi connectivity index (χ3v) is 4.75. The minimum atomic E-state index is 0.290. The van der Waals surface area contributed by atoms with Crippen LogP contribution in [-0.2, 0) is 17.1 Å². The summed E-state index contributed by atoms with van der Waals surface area (Å²) in [6.45, 7) is 0.831. The molecule has 0 saturated heterocycles. The van der Waals surface area contributed by atoms with E-state index in [2.05, 4.69) is 0 Å². The Kier molecular flexibility index (Phi) is 4.41. The average molecular weight is 327 g/mol. The van der Waals surface area contributed by atoms with Gasteiger partial charge in [-0.05, 0) is 24.3 Å². The molecule has 1 heterocycles. The molecule has 2 nitrogen and oxygen atoms in total. The normalized spacial score (nSPS) is 13.7. The predicted molar refractivity (Wildman–Crippen MR) is 82.7 cm³/mol. The first kappa shape index (κ1) is 14.1. The van der Waals surface area contributed by atoms with Crippen molar-refractivity contribution in [3.8, 4) is 5.75 Å². The number of halogens is 2. The highest BCUT2D eigenvalue weighted by molar-refractivity contribution is 7.98. The lowest BCUT2D eigenvalue weighted by atomic mass is 10.1. The van der Waals surface area contributed by atoms with E-state index in [1.165, 1.54) is 0 Å². The first-order valence-electron chi connectivity index (χ1n) is 6.13. The van der Waals surface area contributed by atoms with Crippen LogP contribution in [0.25, 0.3) is 0 Å². The average Bonchev–Trinajstić information content (AvgIpc) is 2.46. The van der Waals surface area contributed by atoms with E-state index in [9.17, 15) is 0 Å². The van der Waals surface area contributed by atoms with Gasteiger partial charge in [-0.25, -0.2) is 0 Å². The van der Waals surface area contributed by atoms with E-state index in [1.54, 1.807) is 11.8 Å². The van der Waals surface area contributed by atoms with Crippen molar-refractivity contribution in [2.24, 2.45) is 0 Å². The van der Waals surface area contributed by atoms with Crippen molar-refractivity contribution in [1.29, 1.82) is 0 Å². The van der Waals surface area contributed by atoms with Crippen LogP contribution in [0.4, 0.5) is 0 Å². The Morgan fingerprint density at radius 3 is 2.85 bits per heavy atom. The maximum atomic E-state index is 6.17. The molecule has 0 aromatic heterocycles. The van der Waals surface area contributed by atoms with Crippen LogP contribution in [0.5, 0.6) is 5.75 Å². The lowest BCUT2D eigenvalue weighted by Gasteiger charge is -2.21. The molecule has 2 aromatic rings. The van der Waals surface area contributed by atoms with Gasteiger partial charge in [0.05, 0.1) is 11.6 Å². The zero-order valence-corrected chi connectivity index (χ0v) is 12.9. The van der Waals surface area contributed by atoms with E-state index in [0.29, 0.717) is 18.4 Å². The Morgan fingerprint density at radius 1 is 1.15 bits per heavy atom. The Balaban J connectivity index is 1.84. The van der Waals surface area contributed by atoms with E-state index >= 15 is 0 Å². The monoisotopic (exact) mass is 326 g/mol. The first-order chi connectivity index (χ1) is 9.74. The molecule has 104 valence electrons. The maximum Gasteiger partial charge on any atom is 0.189 e. The number of hydrogen-bond acceptors (Lipinski definition) is 3. The van der Waals surface area contributed by atoms with Crippen LogP contribution < -0.4 is 4.74 Å². The molecule has 0 spiro atoms. The molecule has 0 saturated carbocycles. The Bertz CT molecular complexity index is 631. The lowest BCUT2D eigenvalue weighted by Crippen LogP contribution is -2.12. The van der Waals surface area contributed by atoms with E-state index in [4.69, 9.17) is 32.7 Å². The largest absolute Gasteiger partial charge is 0.467 e. The molecule has 0 bridgehead atoms. The number of thioether (sulfide) groups is 1. The number of benzene rings is 2. The molecule has 0 atom stereocenters. The van der Waals surface area contributed by atoms with Crippen molar-refractivity contribution in [3.63, 3.8) is 0 Å². The second-order valence-corrected chi connectivity index (χ2v) is 6.24. The standard InChI is InChI=1S/C15H12Cl2O2S/c16-12-5-10-7-18-9-19-15(10)11(6-12)8-20-14-4-2-1-3-13(14)17/h1-6H,7-9H2. The lowest BCUT2D eigenvalue weighted by molar-refractivity contribution is -0.0168. The minimum Gasteiger partial charge on any atom is -0.467 e. The van der Waals surface area contributed by atoms with E-state index in [1.807, 2.05) is 36.4 Å². The van der Waals surface area contributed by atoms with Crippen molar-refractivity contribution in [2.45, 2.75) is 17.3 Å². The topological polar surface area (TPSA) is 18.5 Å². The van der Waals surface area contributed by atoms with E-state index in [0.717, 1.165) is 32.5 Å². The summed E-state index contributed by atoms with van der Waals surface area (Å²) in [4.78, 5) is 1.05. The summed E-state index contributed by atoms with van der Waals surface area (Å²) in [5.41, 5.74) is 2.07. The number of rotatable bonds is 3. The summed E-state index contributed by atoms with van der Waals surface area (Å²) in [7, 11) is 0. The molecule has 1 aliphatic rings. The van der Waals surface area contributed by atoms with Gasteiger partial charge in [0, 0.05) is 26.8 Å². The van der Waals surface area contributed by atoms with Gasteiger partial charge in [-0.2, -0.15) is 0 Å². The highest BCUT2D eigenvalue weighted by atomic mass is 35.5. The molecular formula is C15H12Cl2O2S. The molecule has 0 aliphatic carbocycles. The Hall–Kier alpha value is -0.870. The highest BCUT2D eigenvalue weighted by Gasteiger charge is 2.16. The van der Waals surface area contributed by atoms with Crippen molar-refractivity contribution in [1.82, 2.24) is 0 Å². The van der Waals surface area contributed by atoms with Gasteiger partial charge in [0.15, 0.2) is 6.79 Å². The fourth-order valence-electron chi connectivity index (χ4n) is 2.08. The Labute approximate surface area is 132 Å². The van der Waals surface area contributed by atoms with Crippen molar-refractivity contribution in [2.75, 3.05) is 6.79 Å². The van der Waals surface area contributed by atoms with Crippen molar-refractivity contribution < 1.29 is 9.47 Å². The third kappa shape index (κ3) is 3.07. The molecule has 20 heavy (non-hydrogen) atoms. The molecule has 1 aliphatic heterocycles. The predicted octanol–water partition coefficient (Wildman–Crippen LogP) is 5.15. The van der Waals surface area contributed by atoms with Crippen molar-refractivity contribution >= 4 is 35.0 Å². The van der Waals surface area contributed by atoms with Crippen LogP contribution in [0.1, 0.15) is 11.1 Å². The van der Waals surface area contributed by atoms with Crippen LogP contribution in [0.2, 0.25) is 10.0 Å². The van der Waals surface area contributed by atoms with Gasteiger partial charge in [-0.3, -0.25) is 0 Å². The second-order valence-electron chi connectivity index (χ2n) is 4.38. The quantitative estimate of drug-likeness (QED) is 0.726. The van der Waals surface area contributed by atoms with E-state index in [-0.39, 0.29) is 0 Å². The summed E-state index contributed by atoms with van der Waals surface area (Å²) in [5, 5.41) is 1.46. The minimum absolute atomic E-state index is 0.290. The summed E-state index contributed by atoms with van der Waals surface area (Å²) in [6, 6.07) is 11.6. The van der Waals surface area contributed by atoms with Crippen molar-refractivity contribution in [3.05, 3.63) is 57.6 Å². The van der Waals surface area contributed by atoms with Gasteiger partial charge in [-0.1, -0.05) is 35.3 Å². The number of hydrogen-bond donors (Lipinski definition) is 0. The van der Waals surface area contributed by atoms with Gasteiger partial charge < -0.3 is 9.47 Å². The van der Waals surface area contributed by atoms with Crippen LogP contribution in [0.15, 0.2) is 41.3 Å². The zero-order chi connectivity index (χ0) is 13.9. The molecular weight excluding hydrogens is 315 g/mol. The molecule has 0 unspecified atom stereocenters. The van der Waals surface area contributed by atoms with Crippen LogP contribution in [0, 0.1) is 0 Å². The third-order valence-electron chi connectivity index (χ3n) is 2.97. The SMILES string of the molecule is Clc1cc2c(c(CSc3ccccc3Cl)c1)OCOC2. The smallest absolute Gasteiger partial charge is 0.189 e. The number of ether oxygens (including phenoxy) is 2. The van der Waals surface area contributed by atoms with Gasteiger partial charge >= 0.3 is 0 Å². The first-order valence-corrected chi connectivity index (χ1v) is 7.87. The summed E-state index contributed by atoms with van der Waals surface area (Å²) < 4.78 is 10.9. The van der Waals surface area contributed by atoms with Gasteiger partial charge in [0.1, 0.15) is 5.75 Å². The van der Waals surface area contributed by atoms with Gasteiger partial charge in [-0.15, -0.1) is 11.8 Å². The molecule has 0 radical (unpaired) electrons. The summed E-state index contributed by atoms with van der Waals surface area (Å²) in [6.07, 6.45) is 0. The molecule has 2 aromatic carbocycles. The summed E-state index contributed by atoms with van der Waals surface area (Å²) in [5.74, 6) is 1.65. The molecule has 0 N–H and O–H groups in total. The highest BCUT2D eigenvalue weighted by Crippen LogP contribution is 2.37. The number of fused-ring (bicyclic) bond motifs is 1. The Morgan fingerprint density at radius 2 is 2.00 bits per heavy atom. The molecule has 0 fully saturated rings. The van der Waals surface area contributed by atoms with Gasteiger partial charge in [0.25, 0.3) is 0 Å². The molecule has 3 rings (SSSR count).